The Hall–Kier alpha value is -1.17. The molecule has 0 unspecified atom stereocenters. The predicted octanol–water partition coefficient (Wildman–Crippen LogP) is 3.74. The van der Waals surface area contributed by atoms with Gasteiger partial charge in [0.15, 0.2) is 6.79 Å². The standard InChI is InChI=1S/C16H19ClO2/c1-13-10-16(19-12-18-11-14-5-6-14)8-7-15(13)4-2-3-9-17/h7-8,10,14H,3,5-6,9,11-12H2,1H3. The number of rotatable bonds is 6. The molecule has 0 aromatic heterocycles. The van der Waals surface area contributed by atoms with Gasteiger partial charge in [-0.15, -0.1) is 11.6 Å². The third-order valence-corrected chi connectivity index (χ3v) is 3.19. The third kappa shape index (κ3) is 5.14. The Morgan fingerprint density at radius 1 is 1.37 bits per heavy atom. The normalized spacial score (nSPS) is 13.8. The van der Waals surface area contributed by atoms with Crippen LogP contribution in [0.1, 0.15) is 30.4 Å². The maximum atomic E-state index is 5.59. The second-order valence-corrected chi connectivity index (χ2v) is 5.17. The van der Waals surface area contributed by atoms with Gasteiger partial charge in [-0.25, -0.2) is 0 Å². The van der Waals surface area contributed by atoms with Crippen molar-refractivity contribution in [1.82, 2.24) is 0 Å². The first-order valence-corrected chi connectivity index (χ1v) is 7.19. The molecule has 2 rings (SSSR count). The van der Waals surface area contributed by atoms with Crippen molar-refractivity contribution in [3.8, 4) is 17.6 Å². The largest absolute Gasteiger partial charge is 0.468 e. The van der Waals surface area contributed by atoms with Gasteiger partial charge in [0.05, 0.1) is 6.61 Å². The summed E-state index contributed by atoms with van der Waals surface area (Å²) in [5.74, 6) is 8.32. The second-order valence-electron chi connectivity index (χ2n) is 4.79. The minimum Gasteiger partial charge on any atom is -0.468 e. The first kappa shape index (κ1) is 14.2. The number of hydrogen-bond donors (Lipinski definition) is 0. The van der Waals surface area contributed by atoms with Crippen molar-refractivity contribution in [1.29, 1.82) is 0 Å². The molecule has 102 valence electrons. The highest BCUT2D eigenvalue weighted by Gasteiger charge is 2.21. The van der Waals surface area contributed by atoms with Crippen molar-refractivity contribution in [2.75, 3.05) is 19.3 Å². The highest BCUT2D eigenvalue weighted by Crippen LogP contribution is 2.28. The number of aryl methyl sites for hydroxylation is 1. The molecule has 19 heavy (non-hydrogen) atoms. The Kier molecular flexibility index (Phi) is 5.57. The maximum absolute atomic E-state index is 5.59. The van der Waals surface area contributed by atoms with Gasteiger partial charge in [0.25, 0.3) is 0 Å². The van der Waals surface area contributed by atoms with E-state index in [1.165, 1.54) is 12.8 Å². The smallest absolute Gasteiger partial charge is 0.189 e. The van der Waals surface area contributed by atoms with Gasteiger partial charge in [0.1, 0.15) is 5.75 Å². The lowest BCUT2D eigenvalue weighted by atomic mass is 10.1. The van der Waals surface area contributed by atoms with Crippen LogP contribution in [0.3, 0.4) is 0 Å². The summed E-state index contributed by atoms with van der Waals surface area (Å²) >= 11 is 5.59. The molecule has 1 aromatic rings. The van der Waals surface area contributed by atoms with Crippen LogP contribution in [-0.4, -0.2) is 19.3 Å². The number of halogens is 1. The first-order valence-electron chi connectivity index (χ1n) is 6.65. The molecule has 0 radical (unpaired) electrons. The fourth-order valence-corrected chi connectivity index (χ4v) is 1.77. The van der Waals surface area contributed by atoms with E-state index in [1.807, 2.05) is 25.1 Å². The van der Waals surface area contributed by atoms with Crippen LogP contribution in [0.25, 0.3) is 0 Å². The SMILES string of the molecule is Cc1cc(OCOCC2CC2)ccc1C#CCCCl. The van der Waals surface area contributed by atoms with Crippen LogP contribution in [-0.2, 0) is 4.74 Å². The average molecular weight is 279 g/mol. The average Bonchev–Trinajstić information content (AvgIpc) is 3.21. The monoisotopic (exact) mass is 278 g/mol. The summed E-state index contributed by atoms with van der Waals surface area (Å²) < 4.78 is 11.0. The molecule has 0 heterocycles. The molecule has 1 aliphatic rings. The van der Waals surface area contributed by atoms with Crippen molar-refractivity contribution in [3.05, 3.63) is 29.3 Å². The van der Waals surface area contributed by atoms with E-state index in [0.717, 1.165) is 29.4 Å². The Balaban J connectivity index is 1.81. The highest BCUT2D eigenvalue weighted by atomic mass is 35.5. The molecule has 1 aliphatic carbocycles. The maximum Gasteiger partial charge on any atom is 0.189 e. The number of alkyl halides is 1. The van der Waals surface area contributed by atoms with Gasteiger partial charge in [-0.2, -0.15) is 0 Å². The predicted molar refractivity (Wildman–Crippen MR) is 77.6 cm³/mol. The molecule has 0 spiro atoms. The number of ether oxygens (including phenoxy) is 2. The Morgan fingerprint density at radius 2 is 2.21 bits per heavy atom. The van der Waals surface area contributed by atoms with Gasteiger partial charge in [-0.1, -0.05) is 11.8 Å². The zero-order valence-corrected chi connectivity index (χ0v) is 12.0. The molecule has 1 aromatic carbocycles. The Bertz CT molecular complexity index is 469. The van der Waals surface area contributed by atoms with E-state index in [9.17, 15) is 0 Å². The van der Waals surface area contributed by atoms with Gasteiger partial charge in [0, 0.05) is 17.9 Å². The van der Waals surface area contributed by atoms with E-state index in [2.05, 4.69) is 11.8 Å². The highest BCUT2D eigenvalue weighted by molar-refractivity contribution is 6.18. The molecule has 0 saturated heterocycles. The van der Waals surface area contributed by atoms with Crippen LogP contribution >= 0.6 is 11.6 Å². The van der Waals surface area contributed by atoms with Crippen LogP contribution in [0.15, 0.2) is 18.2 Å². The van der Waals surface area contributed by atoms with E-state index in [4.69, 9.17) is 21.1 Å². The molecular formula is C16H19ClO2. The van der Waals surface area contributed by atoms with Crippen LogP contribution in [0.2, 0.25) is 0 Å². The molecule has 0 amide bonds. The van der Waals surface area contributed by atoms with Gasteiger partial charge in [-0.3, -0.25) is 0 Å². The first-order chi connectivity index (χ1) is 9.29. The molecule has 3 heteroatoms. The zero-order valence-electron chi connectivity index (χ0n) is 11.2. The lowest BCUT2D eigenvalue weighted by molar-refractivity contribution is 0.00996. The summed E-state index contributed by atoms with van der Waals surface area (Å²) in [5.41, 5.74) is 2.14. The molecule has 0 aliphatic heterocycles. The minimum atomic E-state index is 0.327. The van der Waals surface area contributed by atoms with Crippen molar-refractivity contribution in [2.45, 2.75) is 26.2 Å². The molecule has 0 N–H and O–H groups in total. The Labute approximate surface area is 120 Å². The molecule has 1 fully saturated rings. The quantitative estimate of drug-likeness (QED) is 0.342. The zero-order chi connectivity index (χ0) is 13.5. The summed E-state index contributed by atoms with van der Waals surface area (Å²) in [6, 6.07) is 5.90. The van der Waals surface area contributed by atoms with Gasteiger partial charge < -0.3 is 9.47 Å². The molecule has 0 bridgehead atoms. The van der Waals surface area contributed by atoms with Crippen molar-refractivity contribution in [3.63, 3.8) is 0 Å². The van der Waals surface area contributed by atoms with E-state index >= 15 is 0 Å². The van der Waals surface area contributed by atoms with Gasteiger partial charge >= 0.3 is 0 Å². The fourth-order valence-electron chi connectivity index (χ4n) is 1.68. The molecule has 2 nitrogen and oxygen atoms in total. The van der Waals surface area contributed by atoms with Crippen LogP contribution in [0.4, 0.5) is 0 Å². The van der Waals surface area contributed by atoms with Crippen molar-refractivity contribution < 1.29 is 9.47 Å². The molecular weight excluding hydrogens is 260 g/mol. The summed E-state index contributed by atoms with van der Waals surface area (Å²) in [5, 5.41) is 0. The van der Waals surface area contributed by atoms with E-state index in [1.54, 1.807) is 0 Å². The number of benzene rings is 1. The van der Waals surface area contributed by atoms with Gasteiger partial charge in [0.2, 0.25) is 0 Å². The second kappa shape index (κ2) is 7.43. The third-order valence-electron chi connectivity index (χ3n) is 3.00. The number of hydrogen-bond acceptors (Lipinski definition) is 2. The lowest BCUT2D eigenvalue weighted by Crippen LogP contribution is -2.05. The minimum absolute atomic E-state index is 0.327. The summed E-state index contributed by atoms with van der Waals surface area (Å²) in [4.78, 5) is 0. The molecule has 1 saturated carbocycles. The summed E-state index contributed by atoms with van der Waals surface area (Å²) in [7, 11) is 0. The van der Waals surface area contributed by atoms with Gasteiger partial charge in [-0.05, 0) is 49.4 Å². The van der Waals surface area contributed by atoms with E-state index in [0.29, 0.717) is 19.1 Å². The van der Waals surface area contributed by atoms with Crippen LogP contribution in [0, 0.1) is 24.7 Å². The van der Waals surface area contributed by atoms with Crippen molar-refractivity contribution >= 4 is 11.6 Å². The summed E-state index contributed by atoms with van der Waals surface area (Å²) in [6.07, 6.45) is 3.32. The van der Waals surface area contributed by atoms with E-state index in [-0.39, 0.29) is 0 Å². The topological polar surface area (TPSA) is 18.5 Å². The van der Waals surface area contributed by atoms with Crippen LogP contribution in [0.5, 0.6) is 5.75 Å². The lowest BCUT2D eigenvalue weighted by Gasteiger charge is -2.08. The Morgan fingerprint density at radius 3 is 2.89 bits per heavy atom. The van der Waals surface area contributed by atoms with Crippen LogP contribution < -0.4 is 4.74 Å². The summed E-state index contributed by atoms with van der Waals surface area (Å²) in [6.45, 7) is 3.18. The fraction of sp³-hybridized carbons (Fsp3) is 0.500. The van der Waals surface area contributed by atoms with Crippen molar-refractivity contribution in [2.24, 2.45) is 5.92 Å². The van der Waals surface area contributed by atoms with E-state index < -0.39 is 0 Å². The molecule has 0 atom stereocenters.